The molecule has 2 aromatic carbocycles. The van der Waals surface area contributed by atoms with Crippen LogP contribution >= 0.6 is 0 Å². The second-order valence-corrected chi connectivity index (χ2v) is 5.64. The van der Waals surface area contributed by atoms with Gasteiger partial charge in [0.15, 0.2) is 0 Å². The van der Waals surface area contributed by atoms with Gasteiger partial charge in [-0.25, -0.2) is 9.97 Å². The van der Waals surface area contributed by atoms with Crippen LogP contribution < -0.4 is 5.73 Å². The highest BCUT2D eigenvalue weighted by atomic mass is 16.3. The van der Waals surface area contributed by atoms with Gasteiger partial charge in [-0.1, -0.05) is 23.8 Å². The number of phenolic OH excluding ortho intramolecular Hbond substituents is 1. The fourth-order valence-corrected chi connectivity index (χ4v) is 2.80. The molecular weight excluding hydrogens is 304 g/mol. The summed E-state index contributed by atoms with van der Waals surface area (Å²) in [5, 5.41) is 10.0. The maximum atomic E-state index is 12.8. The summed E-state index contributed by atoms with van der Waals surface area (Å²) in [7, 11) is 0. The molecule has 24 heavy (non-hydrogen) atoms. The standard InChI is InChI=1S/C18H14N4O2/c1-10-6-7-15(23)11(8-10)16(24)12-9-20-18-21-13-4-2-3-5-14(13)22(18)17(12)19/h2-9,23H,19H2,1H3. The first kappa shape index (κ1) is 14.2. The van der Waals surface area contributed by atoms with E-state index in [9.17, 15) is 9.90 Å². The fourth-order valence-electron chi connectivity index (χ4n) is 2.80. The zero-order chi connectivity index (χ0) is 16.8. The molecule has 0 atom stereocenters. The second kappa shape index (κ2) is 5.06. The average Bonchev–Trinajstić information content (AvgIpc) is 2.96. The zero-order valence-corrected chi connectivity index (χ0v) is 12.9. The lowest BCUT2D eigenvalue weighted by molar-refractivity contribution is 0.103. The Hall–Kier alpha value is -3.41. The lowest BCUT2D eigenvalue weighted by atomic mass is 10.0. The van der Waals surface area contributed by atoms with Gasteiger partial charge in [-0.15, -0.1) is 0 Å². The Labute approximate surface area is 137 Å². The van der Waals surface area contributed by atoms with Crippen molar-refractivity contribution >= 4 is 28.4 Å². The Morgan fingerprint density at radius 2 is 1.96 bits per heavy atom. The highest BCUT2D eigenvalue weighted by Crippen LogP contribution is 2.26. The molecule has 2 heterocycles. The van der Waals surface area contributed by atoms with Gasteiger partial charge in [-0.05, 0) is 31.2 Å². The molecule has 0 amide bonds. The summed E-state index contributed by atoms with van der Waals surface area (Å²) in [5.41, 5.74) is 9.07. The van der Waals surface area contributed by atoms with Crippen molar-refractivity contribution in [1.82, 2.24) is 14.4 Å². The number of anilines is 1. The first-order valence-corrected chi connectivity index (χ1v) is 7.42. The van der Waals surface area contributed by atoms with Crippen molar-refractivity contribution in [3.8, 4) is 5.75 Å². The summed E-state index contributed by atoms with van der Waals surface area (Å²) in [5.74, 6) is 0.222. The molecule has 0 radical (unpaired) electrons. The normalized spacial score (nSPS) is 11.2. The topological polar surface area (TPSA) is 93.5 Å². The van der Waals surface area contributed by atoms with Crippen molar-refractivity contribution < 1.29 is 9.90 Å². The SMILES string of the molecule is Cc1ccc(O)c(C(=O)c2cnc3nc4ccccc4n3c2N)c1. The van der Waals surface area contributed by atoms with Gasteiger partial charge in [-0.2, -0.15) is 0 Å². The van der Waals surface area contributed by atoms with Gasteiger partial charge in [0, 0.05) is 6.20 Å². The maximum absolute atomic E-state index is 12.8. The minimum atomic E-state index is -0.374. The number of aromatic nitrogens is 3. The molecule has 0 saturated heterocycles. The third kappa shape index (κ3) is 2.00. The quantitative estimate of drug-likeness (QED) is 0.554. The molecule has 0 bridgehead atoms. The summed E-state index contributed by atoms with van der Waals surface area (Å²) in [6.45, 7) is 1.85. The summed E-state index contributed by atoms with van der Waals surface area (Å²) in [6, 6.07) is 12.3. The lowest BCUT2D eigenvalue weighted by Crippen LogP contribution is -2.11. The third-order valence-corrected chi connectivity index (χ3v) is 4.01. The van der Waals surface area contributed by atoms with Crippen LogP contribution in [-0.2, 0) is 0 Å². The molecule has 6 nitrogen and oxygen atoms in total. The van der Waals surface area contributed by atoms with Crippen molar-refractivity contribution in [2.45, 2.75) is 6.92 Å². The molecule has 0 unspecified atom stereocenters. The highest BCUT2D eigenvalue weighted by molar-refractivity contribution is 6.13. The number of carbonyl (C=O) groups excluding carboxylic acids is 1. The number of benzene rings is 2. The molecule has 4 rings (SSSR count). The van der Waals surface area contributed by atoms with Gasteiger partial charge in [-0.3, -0.25) is 9.20 Å². The first-order valence-electron chi connectivity index (χ1n) is 7.42. The smallest absolute Gasteiger partial charge is 0.236 e. The molecule has 6 heteroatoms. The number of aromatic hydroxyl groups is 1. The van der Waals surface area contributed by atoms with Crippen molar-refractivity contribution in [2.24, 2.45) is 0 Å². The third-order valence-electron chi connectivity index (χ3n) is 4.01. The molecule has 0 saturated carbocycles. The van der Waals surface area contributed by atoms with Crippen molar-refractivity contribution in [3.05, 3.63) is 65.4 Å². The number of rotatable bonds is 2. The van der Waals surface area contributed by atoms with Crippen LogP contribution in [0.5, 0.6) is 5.75 Å². The maximum Gasteiger partial charge on any atom is 0.236 e. The Bertz CT molecular complexity index is 1110. The van der Waals surface area contributed by atoms with E-state index < -0.39 is 0 Å². The van der Waals surface area contributed by atoms with E-state index in [1.807, 2.05) is 31.2 Å². The van der Waals surface area contributed by atoms with Crippen LogP contribution in [0.1, 0.15) is 21.5 Å². The summed E-state index contributed by atoms with van der Waals surface area (Å²) < 4.78 is 1.65. The second-order valence-electron chi connectivity index (χ2n) is 5.64. The largest absolute Gasteiger partial charge is 0.507 e. The van der Waals surface area contributed by atoms with Crippen LogP contribution in [0.25, 0.3) is 16.8 Å². The summed E-state index contributed by atoms with van der Waals surface area (Å²) in [6.07, 6.45) is 1.40. The minimum absolute atomic E-state index is 0.0828. The van der Waals surface area contributed by atoms with Crippen LogP contribution in [0, 0.1) is 6.92 Å². The van der Waals surface area contributed by atoms with Gasteiger partial charge in [0.25, 0.3) is 0 Å². The van der Waals surface area contributed by atoms with E-state index in [1.54, 1.807) is 16.5 Å². The molecule has 118 valence electrons. The van der Waals surface area contributed by atoms with Crippen molar-refractivity contribution in [1.29, 1.82) is 0 Å². The summed E-state index contributed by atoms with van der Waals surface area (Å²) in [4.78, 5) is 21.5. The van der Waals surface area contributed by atoms with Gasteiger partial charge in [0.05, 0.1) is 22.2 Å². The van der Waals surface area contributed by atoms with Crippen LogP contribution in [0.3, 0.4) is 0 Å². The van der Waals surface area contributed by atoms with Gasteiger partial charge < -0.3 is 10.8 Å². The number of hydrogen-bond acceptors (Lipinski definition) is 5. The zero-order valence-electron chi connectivity index (χ0n) is 12.9. The molecule has 0 aliphatic heterocycles. The van der Waals surface area contributed by atoms with E-state index in [-0.39, 0.29) is 28.5 Å². The molecule has 3 N–H and O–H groups in total. The van der Waals surface area contributed by atoms with Gasteiger partial charge in [0.1, 0.15) is 11.6 Å². The Kier molecular flexibility index (Phi) is 2.99. The minimum Gasteiger partial charge on any atom is -0.507 e. The van der Waals surface area contributed by atoms with Crippen LogP contribution in [0.2, 0.25) is 0 Å². The Morgan fingerprint density at radius 1 is 1.17 bits per heavy atom. The monoisotopic (exact) mass is 318 g/mol. The number of carbonyl (C=O) groups is 1. The lowest BCUT2D eigenvalue weighted by Gasteiger charge is -2.09. The van der Waals surface area contributed by atoms with Crippen LogP contribution in [0.4, 0.5) is 5.82 Å². The van der Waals surface area contributed by atoms with Gasteiger partial charge in [0.2, 0.25) is 11.6 Å². The van der Waals surface area contributed by atoms with Gasteiger partial charge >= 0.3 is 0 Å². The molecule has 4 aromatic rings. The number of phenols is 1. The van der Waals surface area contributed by atoms with E-state index >= 15 is 0 Å². The predicted octanol–water partition coefficient (Wildman–Crippen LogP) is 2.71. The number of para-hydroxylation sites is 2. The molecule has 0 aliphatic rings. The van der Waals surface area contributed by atoms with Crippen LogP contribution in [-0.4, -0.2) is 25.3 Å². The molecule has 0 spiro atoms. The number of ketones is 1. The summed E-state index contributed by atoms with van der Waals surface area (Å²) >= 11 is 0. The Balaban J connectivity index is 1.97. The number of imidazole rings is 1. The highest BCUT2D eigenvalue weighted by Gasteiger charge is 2.20. The number of aryl methyl sites for hydroxylation is 1. The number of nitrogen functional groups attached to an aromatic ring is 1. The van der Waals surface area contributed by atoms with E-state index in [0.717, 1.165) is 16.6 Å². The first-order chi connectivity index (χ1) is 11.6. The number of nitrogens with zero attached hydrogens (tertiary/aromatic N) is 3. The van der Waals surface area contributed by atoms with Crippen LogP contribution in [0.15, 0.2) is 48.7 Å². The number of hydrogen-bond donors (Lipinski definition) is 2. The molecule has 0 fully saturated rings. The predicted molar refractivity (Wildman–Crippen MR) is 91.2 cm³/mol. The van der Waals surface area contributed by atoms with Crippen molar-refractivity contribution in [2.75, 3.05) is 5.73 Å². The fraction of sp³-hybridized carbons (Fsp3) is 0.0556. The number of nitrogens with two attached hydrogens (primary N) is 1. The number of fused-ring (bicyclic) bond motifs is 3. The molecule has 2 aromatic heterocycles. The molecule has 0 aliphatic carbocycles. The van der Waals surface area contributed by atoms with E-state index in [4.69, 9.17) is 5.73 Å². The molecular formula is C18H14N4O2. The van der Waals surface area contributed by atoms with E-state index in [2.05, 4.69) is 9.97 Å². The van der Waals surface area contributed by atoms with E-state index in [0.29, 0.717) is 5.78 Å². The van der Waals surface area contributed by atoms with E-state index in [1.165, 1.54) is 12.3 Å². The Morgan fingerprint density at radius 3 is 2.79 bits per heavy atom. The average molecular weight is 318 g/mol. The van der Waals surface area contributed by atoms with Crippen molar-refractivity contribution in [3.63, 3.8) is 0 Å².